The molecule has 0 spiro atoms. The molecular formula is C15H21N3O2. The van der Waals surface area contributed by atoms with Gasteiger partial charge in [0, 0.05) is 13.7 Å². The summed E-state index contributed by atoms with van der Waals surface area (Å²) >= 11 is 0. The van der Waals surface area contributed by atoms with E-state index in [0.717, 1.165) is 6.54 Å². The van der Waals surface area contributed by atoms with Crippen LogP contribution in [0, 0.1) is 11.3 Å². The molecule has 1 unspecified atom stereocenters. The maximum absolute atomic E-state index is 12.2. The SMILES string of the molecule is CCN(CCOC)C(C)C(=O)Nc1ccccc1C#N. The predicted molar refractivity (Wildman–Crippen MR) is 78.4 cm³/mol. The zero-order valence-corrected chi connectivity index (χ0v) is 12.2. The van der Waals surface area contributed by atoms with Gasteiger partial charge >= 0.3 is 0 Å². The molecule has 1 aromatic carbocycles. The fourth-order valence-corrected chi connectivity index (χ4v) is 1.93. The molecule has 5 heteroatoms. The van der Waals surface area contributed by atoms with Crippen molar-refractivity contribution in [1.29, 1.82) is 5.26 Å². The van der Waals surface area contributed by atoms with Gasteiger partial charge in [-0.1, -0.05) is 19.1 Å². The van der Waals surface area contributed by atoms with Crippen LogP contribution in [0.25, 0.3) is 0 Å². The number of amides is 1. The highest BCUT2D eigenvalue weighted by atomic mass is 16.5. The molecule has 108 valence electrons. The number of ether oxygens (including phenoxy) is 1. The van der Waals surface area contributed by atoms with Crippen LogP contribution in [0.5, 0.6) is 0 Å². The van der Waals surface area contributed by atoms with Crippen LogP contribution in [-0.2, 0) is 9.53 Å². The van der Waals surface area contributed by atoms with E-state index in [9.17, 15) is 4.79 Å². The number of nitriles is 1. The van der Waals surface area contributed by atoms with E-state index in [0.29, 0.717) is 24.4 Å². The molecule has 0 fully saturated rings. The maximum atomic E-state index is 12.2. The van der Waals surface area contributed by atoms with E-state index in [1.807, 2.05) is 18.7 Å². The minimum Gasteiger partial charge on any atom is -0.383 e. The van der Waals surface area contributed by atoms with Gasteiger partial charge in [-0.15, -0.1) is 0 Å². The van der Waals surface area contributed by atoms with Crippen LogP contribution in [0.1, 0.15) is 19.4 Å². The van der Waals surface area contributed by atoms with Gasteiger partial charge in [0.05, 0.1) is 23.9 Å². The van der Waals surface area contributed by atoms with Gasteiger partial charge in [-0.2, -0.15) is 5.26 Å². The van der Waals surface area contributed by atoms with Crippen LogP contribution < -0.4 is 5.32 Å². The lowest BCUT2D eigenvalue weighted by molar-refractivity contribution is -0.120. The van der Waals surface area contributed by atoms with Crippen LogP contribution >= 0.6 is 0 Å². The third-order valence-electron chi connectivity index (χ3n) is 3.22. The summed E-state index contributed by atoms with van der Waals surface area (Å²) in [7, 11) is 1.64. The number of hydrogen-bond acceptors (Lipinski definition) is 4. The first kappa shape index (κ1) is 16.2. The fraction of sp³-hybridized carbons (Fsp3) is 0.467. The number of methoxy groups -OCH3 is 1. The Balaban J connectivity index is 2.72. The first-order valence-corrected chi connectivity index (χ1v) is 6.67. The van der Waals surface area contributed by atoms with E-state index >= 15 is 0 Å². The first-order chi connectivity index (χ1) is 9.63. The average Bonchev–Trinajstić information content (AvgIpc) is 2.48. The van der Waals surface area contributed by atoms with Crippen LogP contribution in [-0.4, -0.2) is 43.7 Å². The molecule has 0 aliphatic heterocycles. The highest BCUT2D eigenvalue weighted by Gasteiger charge is 2.20. The Morgan fingerprint density at radius 1 is 1.50 bits per heavy atom. The molecule has 1 rings (SSSR count). The minimum absolute atomic E-state index is 0.120. The number of carbonyl (C=O) groups is 1. The molecule has 20 heavy (non-hydrogen) atoms. The maximum Gasteiger partial charge on any atom is 0.241 e. The molecule has 1 N–H and O–H groups in total. The molecule has 1 amide bonds. The third-order valence-corrected chi connectivity index (χ3v) is 3.22. The number of nitrogens with zero attached hydrogens (tertiary/aromatic N) is 2. The highest BCUT2D eigenvalue weighted by Crippen LogP contribution is 2.14. The molecule has 5 nitrogen and oxygen atoms in total. The van der Waals surface area contributed by atoms with Crippen molar-refractivity contribution in [2.75, 3.05) is 32.1 Å². The molecule has 0 radical (unpaired) electrons. The second-order valence-corrected chi connectivity index (χ2v) is 4.44. The minimum atomic E-state index is -0.276. The number of para-hydroxylation sites is 1. The molecule has 0 saturated heterocycles. The zero-order valence-electron chi connectivity index (χ0n) is 12.2. The van der Waals surface area contributed by atoms with Crippen LogP contribution in [0.3, 0.4) is 0 Å². The quantitative estimate of drug-likeness (QED) is 0.825. The van der Waals surface area contributed by atoms with Crippen molar-refractivity contribution in [2.24, 2.45) is 0 Å². The fourth-order valence-electron chi connectivity index (χ4n) is 1.93. The zero-order chi connectivity index (χ0) is 15.0. The Labute approximate surface area is 120 Å². The second kappa shape index (κ2) is 8.31. The van der Waals surface area contributed by atoms with Crippen molar-refractivity contribution in [3.8, 4) is 6.07 Å². The largest absolute Gasteiger partial charge is 0.383 e. The second-order valence-electron chi connectivity index (χ2n) is 4.44. The number of benzene rings is 1. The molecule has 1 aromatic rings. The van der Waals surface area contributed by atoms with Gasteiger partial charge in [0.1, 0.15) is 6.07 Å². The predicted octanol–water partition coefficient (Wildman–Crippen LogP) is 1.85. The van der Waals surface area contributed by atoms with Gasteiger partial charge < -0.3 is 10.1 Å². The normalized spacial score (nSPS) is 11.9. The van der Waals surface area contributed by atoms with E-state index < -0.39 is 0 Å². The molecule has 0 bridgehead atoms. The number of carbonyl (C=O) groups excluding carboxylic acids is 1. The van der Waals surface area contributed by atoms with Gasteiger partial charge in [0.25, 0.3) is 0 Å². The summed E-state index contributed by atoms with van der Waals surface area (Å²) in [6, 6.07) is 8.77. The van der Waals surface area contributed by atoms with E-state index in [2.05, 4.69) is 11.4 Å². The molecule has 0 saturated carbocycles. The van der Waals surface area contributed by atoms with Crippen molar-refractivity contribution >= 4 is 11.6 Å². The van der Waals surface area contributed by atoms with E-state index in [4.69, 9.17) is 10.00 Å². The van der Waals surface area contributed by atoms with Gasteiger partial charge in [0.15, 0.2) is 0 Å². The van der Waals surface area contributed by atoms with Crippen LogP contribution in [0.15, 0.2) is 24.3 Å². The molecule has 0 heterocycles. The summed E-state index contributed by atoms with van der Waals surface area (Å²) < 4.78 is 5.04. The third kappa shape index (κ3) is 4.34. The Morgan fingerprint density at radius 3 is 2.80 bits per heavy atom. The van der Waals surface area contributed by atoms with Gasteiger partial charge in [-0.25, -0.2) is 0 Å². The first-order valence-electron chi connectivity index (χ1n) is 6.67. The summed E-state index contributed by atoms with van der Waals surface area (Å²) in [5.74, 6) is -0.120. The van der Waals surface area contributed by atoms with Crippen molar-refractivity contribution < 1.29 is 9.53 Å². The topological polar surface area (TPSA) is 65.4 Å². The number of hydrogen-bond donors (Lipinski definition) is 1. The Morgan fingerprint density at radius 2 is 2.20 bits per heavy atom. The van der Waals surface area contributed by atoms with Gasteiger partial charge in [-0.3, -0.25) is 9.69 Å². The lowest BCUT2D eigenvalue weighted by atomic mass is 10.2. The summed E-state index contributed by atoms with van der Waals surface area (Å²) in [5.41, 5.74) is 1.02. The lowest BCUT2D eigenvalue weighted by Crippen LogP contribution is -2.43. The monoisotopic (exact) mass is 275 g/mol. The average molecular weight is 275 g/mol. The molecule has 0 aliphatic carbocycles. The molecule has 0 aliphatic rings. The Bertz CT molecular complexity index is 482. The number of nitrogens with one attached hydrogen (secondary N) is 1. The lowest BCUT2D eigenvalue weighted by Gasteiger charge is -2.26. The van der Waals surface area contributed by atoms with Gasteiger partial charge in [-0.05, 0) is 25.6 Å². The summed E-state index contributed by atoms with van der Waals surface area (Å²) in [6.45, 7) is 5.89. The number of anilines is 1. The van der Waals surface area contributed by atoms with Crippen molar-refractivity contribution in [1.82, 2.24) is 4.90 Å². The number of rotatable bonds is 7. The highest BCUT2D eigenvalue weighted by molar-refractivity contribution is 5.95. The smallest absolute Gasteiger partial charge is 0.241 e. The standard InChI is InChI=1S/C15H21N3O2/c1-4-18(9-10-20-3)12(2)15(19)17-14-8-6-5-7-13(14)11-16/h5-8,12H,4,9-10H2,1-3H3,(H,17,19). The van der Waals surface area contributed by atoms with Gasteiger partial charge in [0.2, 0.25) is 5.91 Å². The molecule has 1 atom stereocenters. The summed E-state index contributed by atoms with van der Waals surface area (Å²) in [4.78, 5) is 14.3. The van der Waals surface area contributed by atoms with Crippen molar-refractivity contribution in [3.05, 3.63) is 29.8 Å². The summed E-state index contributed by atoms with van der Waals surface area (Å²) in [5, 5.41) is 11.8. The van der Waals surface area contributed by atoms with Crippen LogP contribution in [0.4, 0.5) is 5.69 Å². The Kier molecular flexibility index (Phi) is 6.71. The van der Waals surface area contributed by atoms with Crippen molar-refractivity contribution in [3.63, 3.8) is 0 Å². The molecule has 0 aromatic heterocycles. The number of likely N-dealkylation sites (N-methyl/N-ethyl adjacent to an activating group) is 1. The molecular weight excluding hydrogens is 254 g/mol. The van der Waals surface area contributed by atoms with Crippen LogP contribution in [0.2, 0.25) is 0 Å². The van der Waals surface area contributed by atoms with E-state index in [1.54, 1.807) is 31.4 Å². The summed E-state index contributed by atoms with van der Waals surface area (Å²) in [6.07, 6.45) is 0. The van der Waals surface area contributed by atoms with Crippen molar-refractivity contribution in [2.45, 2.75) is 19.9 Å². The Hall–Kier alpha value is -1.90. The van der Waals surface area contributed by atoms with E-state index in [1.165, 1.54) is 0 Å². The van der Waals surface area contributed by atoms with E-state index in [-0.39, 0.29) is 11.9 Å².